The molecule has 1 rings (SSSR count). The first-order valence-corrected chi connectivity index (χ1v) is 12.4. The summed E-state index contributed by atoms with van der Waals surface area (Å²) in [7, 11) is -4.03. The molecule has 8 heteroatoms. The van der Waals surface area contributed by atoms with Gasteiger partial charge < -0.3 is 11.1 Å². The van der Waals surface area contributed by atoms with Gasteiger partial charge in [0.25, 0.3) is 10.1 Å². The van der Waals surface area contributed by atoms with Crippen LogP contribution in [-0.2, 0) is 31.5 Å². The minimum Gasteiger partial charge on any atom is -0.356 e. The van der Waals surface area contributed by atoms with Crippen molar-refractivity contribution in [2.45, 2.75) is 78.7 Å². The maximum absolute atomic E-state index is 12.5. The molecule has 31 heavy (non-hydrogen) atoms. The van der Waals surface area contributed by atoms with Gasteiger partial charge in [-0.1, -0.05) is 45.4 Å². The molecule has 0 spiro atoms. The van der Waals surface area contributed by atoms with Crippen LogP contribution < -0.4 is 11.1 Å². The van der Waals surface area contributed by atoms with Gasteiger partial charge in [-0.2, -0.15) is 8.42 Å². The molecule has 1 aromatic rings. The number of amides is 1. The standard InChI is InChI=1S/C23H38N2O5S/c1-15(2)22(24)19(26)9-8-18-13-16(3)12-17(4)21(18)23(5,6)14-20(27)25-10-7-11-31(28,29)30/h12-13,15,22H,7-11,14,24H2,1-6H3,(H,25,27)(H,28,29,30)/t22-/m0/s1. The highest BCUT2D eigenvalue weighted by Gasteiger charge is 2.29. The molecule has 0 aliphatic carbocycles. The van der Waals surface area contributed by atoms with E-state index in [0.29, 0.717) is 12.8 Å². The summed E-state index contributed by atoms with van der Waals surface area (Å²) in [5.74, 6) is -0.449. The molecule has 0 saturated carbocycles. The molecule has 7 nitrogen and oxygen atoms in total. The fraction of sp³-hybridized carbons (Fsp3) is 0.652. The Balaban J connectivity index is 2.95. The highest BCUT2D eigenvalue weighted by Crippen LogP contribution is 2.34. The van der Waals surface area contributed by atoms with Gasteiger partial charge in [-0.05, 0) is 54.7 Å². The molecule has 0 aliphatic rings. The first-order chi connectivity index (χ1) is 14.1. The maximum Gasteiger partial charge on any atom is 0.264 e. The van der Waals surface area contributed by atoms with Crippen LogP contribution in [0.25, 0.3) is 0 Å². The molecule has 4 N–H and O–H groups in total. The van der Waals surface area contributed by atoms with E-state index in [-0.39, 0.29) is 42.7 Å². The summed E-state index contributed by atoms with van der Waals surface area (Å²) < 4.78 is 30.4. The van der Waals surface area contributed by atoms with Crippen LogP contribution in [-0.4, -0.2) is 43.0 Å². The lowest BCUT2D eigenvalue weighted by Crippen LogP contribution is -2.36. The number of carbonyl (C=O) groups is 2. The van der Waals surface area contributed by atoms with E-state index >= 15 is 0 Å². The Morgan fingerprint density at radius 1 is 1.19 bits per heavy atom. The second-order valence-corrected chi connectivity index (χ2v) is 11.0. The van der Waals surface area contributed by atoms with E-state index in [1.807, 2.05) is 41.5 Å². The van der Waals surface area contributed by atoms with Gasteiger partial charge in [-0.3, -0.25) is 14.1 Å². The molecular weight excluding hydrogens is 416 g/mol. The Hall–Kier alpha value is -1.77. The molecule has 0 heterocycles. The number of rotatable bonds is 12. The van der Waals surface area contributed by atoms with E-state index in [4.69, 9.17) is 10.3 Å². The van der Waals surface area contributed by atoms with Gasteiger partial charge in [0.15, 0.2) is 0 Å². The fourth-order valence-corrected chi connectivity index (χ4v) is 4.56. The lowest BCUT2D eigenvalue weighted by Gasteiger charge is -2.30. The van der Waals surface area contributed by atoms with Gasteiger partial charge in [-0.15, -0.1) is 0 Å². The van der Waals surface area contributed by atoms with Gasteiger partial charge in [0.05, 0.1) is 11.8 Å². The number of Topliss-reactive ketones (excluding diaryl/α,β-unsaturated/α-hetero) is 1. The van der Waals surface area contributed by atoms with Gasteiger partial charge in [0, 0.05) is 19.4 Å². The van der Waals surface area contributed by atoms with Crippen LogP contribution in [0.3, 0.4) is 0 Å². The third-order valence-corrected chi connectivity index (χ3v) is 6.28. The Bertz CT molecular complexity index is 891. The molecule has 1 amide bonds. The summed E-state index contributed by atoms with van der Waals surface area (Å²) >= 11 is 0. The van der Waals surface area contributed by atoms with Crippen molar-refractivity contribution in [3.63, 3.8) is 0 Å². The van der Waals surface area contributed by atoms with Crippen LogP contribution >= 0.6 is 0 Å². The average Bonchev–Trinajstić information content (AvgIpc) is 2.60. The smallest absolute Gasteiger partial charge is 0.264 e. The molecule has 0 aromatic heterocycles. The number of hydrogen-bond donors (Lipinski definition) is 3. The van der Waals surface area contributed by atoms with Crippen molar-refractivity contribution in [1.82, 2.24) is 5.32 Å². The van der Waals surface area contributed by atoms with E-state index in [9.17, 15) is 18.0 Å². The number of ketones is 1. The van der Waals surface area contributed by atoms with Crippen LogP contribution in [0.1, 0.15) is 69.2 Å². The molecule has 0 radical (unpaired) electrons. The van der Waals surface area contributed by atoms with E-state index < -0.39 is 21.6 Å². The number of benzene rings is 1. The summed E-state index contributed by atoms with van der Waals surface area (Å²) in [6, 6.07) is 3.67. The second-order valence-electron chi connectivity index (χ2n) is 9.40. The van der Waals surface area contributed by atoms with Gasteiger partial charge in [0.2, 0.25) is 5.91 Å². The van der Waals surface area contributed by atoms with Crippen molar-refractivity contribution in [3.05, 3.63) is 34.4 Å². The van der Waals surface area contributed by atoms with Crippen molar-refractivity contribution in [3.8, 4) is 0 Å². The molecule has 0 saturated heterocycles. The summed E-state index contributed by atoms with van der Waals surface area (Å²) in [6.07, 6.45) is 1.29. The first kappa shape index (κ1) is 27.3. The fourth-order valence-electron chi connectivity index (χ4n) is 4.05. The Kier molecular flexibility index (Phi) is 9.85. The average molecular weight is 455 g/mol. The van der Waals surface area contributed by atoms with Crippen LogP contribution in [0.5, 0.6) is 0 Å². The Labute approximate surface area is 186 Å². The van der Waals surface area contributed by atoms with E-state index in [2.05, 4.69) is 17.4 Å². The molecule has 0 bridgehead atoms. The van der Waals surface area contributed by atoms with Crippen LogP contribution in [0.15, 0.2) is 12.1 Å². The molecule has 0 unspecified atom stereocenters. The predicted octanol–water partition coefficient (Wildman–Crippen LogP) is 2.85. The molecule has 1 atom stereocenters. The topological polar surface area (TPSA) is 127 Å². The zero-order valence-corrected chi connectivity index (χ0v) is 20.4. The van der Waals surface area contributed by atoms with Crippen LogP contribution in [0.4, 0.5) is 0 Å². The quantitative estimate of drug-likeness (QED) is 0.329. The molecule has 1 aromatic carbocycles. The minimum absolute atomic E-state index is 0.0366. The SMILES string of the molecule is Cc1cc(C)c(C(C)(C)CC(=O)NCCCS(=O)(=O)O)c(CCC(=O)[C@@H](N)C(C)C)c1. The minimum atomic E-state index is -4.03. The lowest BCUT2D eigenvalue weighted by atomic mass is 9.75. The van der Waals surface area contributed by atoms with Crippen molar-refractivity contribution in [1.29, 1.82) is 0 Å². The van der Waals surface area contributed by atoms with E-state index in [1.165, 1.54) is 0 Å². The largest absolute Gasteiger partial charge is 0.356 e. The van der Waals surface area contributed by atoms with Crippen LogP contribution in [0.2, 0.25) is 0 Å². The summed E-state index contributed by atoms with van der Waals surface area (Å²) in [6.45, 7) is 12.1. The Morgan fingerprint density at radius 3 is 2.35 bits per heavy atom. The van der Waals surface area contributed by atoms with E-state index in [0.717, 1.165) is 22.3 Å². The molecule has 176 valence electrons. The summed E-state index contributed by atoms with van der Waals surface area (Å²) in [4.78, 5) is 24.9. The highest BCUT2D eigenvalue weighted by molar-refractivity contribution is 7.85. The van der Waals surface area contributed by atoms with Gasteiger partial charge in [-0.25, -0.2) is 0 Å². The number of aryl methyl sites for hydroxylation is 3. The molecule has 0 aliphatic heterocycles. The Morgan fingerprint density at radius 2 is 1.81 bits per heavy atom. The highest BCUT2D eigenvalue weighted by atomic mass is 32.2. The normalized spacial score (nSPS) is 13.3. The number of nitrogens with one attached hydrogen (secondary N) is 1. The lowest BCUT2D eigenvalue weighted by molar-refractivity contribution is -0.122. The van der Waals surface area contributed by atoms with Crippen molar-refractivity contribution < 1.29 is 22.6 Å². The zero-order valence-electron chi connectivity index (χ0n) is 19.6. The second kappa shape index (κ2) is 11.2. The van der Waals surface area contributed by atoms with Crippen molar-refractivity contribution in [2.24, 2.45) is 11.7 Å². The number of carbonyl (C=O) groups excluding carboxylic acids is 2. The van der Waals surface area contributed by atoms with Gasteiger partial charge in [0.1, 0.15) is 5.78 Å². The summed E-state index contributed by atoms with van der Waals surface area (Å²) in [5, 5.41) is 2.72. The van der Waals surface area contributed by atoms with Gasteiger partial charge >= 0.3 is 0 Å². The third-order valence-electron chi connectivity index (χ3n) is 5.47. The monoisotopic (exact) mass is 454 g/mol. The summed E-state index contributed by atoms with van der Waals surface area (Å²) in [5.41, 5.74) is 9.79. The molecular formula is C23H38N2O5S. The van der Waals surface area contributed by atoms with E-state index in [1.54, 1.807) is 0 Å². The molecule has 0 fully saturated rings. The number of hydrogen-bond acceptors (Lipinski definition) is 5. The zero-order chi connectivity index (χ0) is 24.0. The predicted molar refractivity (Wildman–Crippen MR) is 124 cm³/mol. The van der Waals surface area contributed by atoms with Crippen LogP contribution in [0, 0.1) is 19.8 Å². The number of nitrogens with two attached hydrogens (primary N) is 1. The maximum atomic E-state index is 12.5. The van der Waals surface area contributed by atoms with Crippen molar-refractivity contribution in [2.75, 3.05) is 12.3 Å². The first-order valence-electron chi connectivity index (χ1n) is 10.7. The van der Waals surface area contributed by atoms with Crippen molar-refractivity contribution >= 4 is 21.8 Å². The third kappa shape index (κ3) is 9.09.